The smallest absolute Gasteiger partial charge is 0.264 e. The van der Waals surface area contributed by atoms with Gasteiger partial charge < -0.3 is 10.3 Å². The van der Waals surface area contributed by atoms with E-state index in [0.29, 0.717) is 12.4 Å². The van der Waals surface area contributed by atoms with Crippen molar-refractivity contribution in [1.29, 1.82) is 0 Å². The van der Waals surface area contributed by atoms with Gasteiger partial charge in [0.25, 0.3) is 11.5 Å². The molecule has 7 heteroatoms. The van der Waals surface area contributed by atoms with Crippen LogP contribution in [-0.2, 0) is 13.1 Å². The van der Waals surface area contributed by atoms with Gasteiger partial charge in [-0.3, -0.25) is 14.3 Å². The molecule has 0 saturated heterocycles. The van der Waals surface area contributed by atoms with Crippen LogP contribution in [0.1, 0.15) is 29.3 Å². The van der Waals surface area contributed by atoms with E-state index in [1.54, 1.807) is 6.20 Å². The topological polar surface area (TPSA) is 92.7 Å². The Morgan fingerprint density at radius 1 is 1.24 bits per heavy atom. The summed E-state index contributed by atoms with van der Waals surface area (Å²) in [6.45, 7) is 3.21. The van der Waals surface area contributed by atoms with E-state index in [2.05, 4.69) is 27.3 Å². The summed E-state index contributed by atoms with van der Waals surface area (Å²) in [5.41, 5.74) is 1.19. The molecule has 0 spiro atoms. The normalized spacial score (nSPS) is 10.6. The molecule has 2 N–H and O–H groups in total. The van der Waals surface area contributed by atoms with Gasteiger partial charge in [-0.2, -0.15) is 5.10 Å². The Bertz CT molecular complexity index is 914. The highest BCUT2D eigenvalue weighted by atomic mass is 16.2. The van der Waals surface area contributed by atoms with E-state index >= 15 is 0 Å². The number of carbonyl (C=O) groups excluding carboxylic acids is 1. The molecule has 3 aromatic rings. The SMILES string of the molecule is CCCn1cc(CNC(=O)c2cnc(-c3ccccc3)[nH]c2=O)cn1. The van der Waals surface area contributed by atoms with Crippen molar-refractivity contribution in [3.8, 4) is 11.4 Å². The first-order valence-corrected chi connectivity index (χ1v) is 8.11. The van der Waals surface area contributed by atoms with Crippen molar-refractivity contribution in [2.45, 2.75) is 26.4 Å². The van der Waals surface area contributed by atoms with E-state index < -0.39 is 11.5 Å². The van der Waals surface area contributed by atoms with Crippen molar-refractivity contribution in [2.75, 3.05) is 0 Å². The molecule has 0 unspecified atom stereocenters. The van der Waals surface area contributed by atoms with Crippen molar-refractivity contribution in [1.82, 2.24) is 25.1 Å². The van der Waals surface area contributed by atoms with Gasteiger partial charge in [0.2, 0.25) is 0 Å². The molecule has 0 radical (unpaired) electrons. The largest absolute Gasteiger partial charge is 0.348 e. The Labute approximate surface area is 144 Å². The summed E-state index contributed by atoms with van der Waals surface area (Å²) in [5.74, 6) is -0.0282. The summed E-state index contributed by atoms with van der Waals surface area (Å²) >= 11 is 0. The van der Waals surface area contributed by atoms with Crippen LogP contribution in [0.15, 0.2) is 53.7 Å². The molecule has 0 fully saturated rings. The van der Waals surface area contributed by atoms with Crippen molar-refractivity contribution < 1.29 is 4.79 Å². The zero-order valence-electron chi connectivity index (χ0n) is 13.9. The molecular formula is C18H19N5O2. The predicted octanol–water partition coefficient (Wildman–Crippen LogP) is 1.97. The molecular weight excluding hydrogens is 318 g/mol. The minimum atomic E-state index is -0.465. The van der Waals surface area contributed by atoms with Crippen molar-refractivity contribution in [3.63, 3.8) is 0 Å². The third-order valence-electron chi connectivity index (χ3n) is 3.68. The molecule has 25 heavy (non-hydrogen) atoms. The summed E-state index contributed by atoms with van der Waals surface area (Å²) in [6.07, 6.45) is 5.88. The van der Waals surface area contributed by atoms with Crippen LogP contribution in [0.5, 0.6) is 0 Å². The van der Waals surface area contributed by atoms with Gasteiger partial charge in [0.1, 0.15) is 11.4 Å². The lowest BCUT2D eigenvalue weighted by molar-refractivity contribution is 0.0949. The average Bonchev–Trinajstić information content (AvgIpc) is 3.08. The third-order valence-corrected chi connectivity index (χ3v) is 3.68. The van der Waals surface area contributed by atoms with E-state index in [-0.39, 0.29) is 5.56 Å². The van der Waals surface area contributed by atoms with Crippen LogP contribution in [0, 0.1) is 0 Å². The van der Waals surface area contributed by atoms with Gasteiger partial charge in [0.05, 0.1) is 6.20 Å². The molecule has 7 nitrogen and oxygen atoms in total. The molecule has 0 atom stereocenters. The van der Waals surface area contributed by atoms with E-state index in [1.165, 1.54) is 6.20 Å². The minimum absolute atomic E-state index is 0.0133. The van der Waals surface area contributed by atoms with Crippen LogP contribution < -0.4 is 10.9 Å². The zero-order valence-corrected chi connectivity index (χ0v) is 13.9. The number of hydrogen-bond acceptors (Lipinski definition) is 4. The molecule has 0 aliphatic rings. The monoisotopic (exact) mass is 337 g/mol. The number of nitrogens with zero attached hydrogens (tertiary/aromatic N) is 3. The van der Waals surface area contributed by atoms with Gasteiger partial charge in [0, 0.05) is 36.6 Å². The van der Waals surface area contributed by atoms with Gasteiger partial charge in [0.15, 0.2) is 0 Å². The Balaban J connectivity index is 1.68. The maximum absolute atomic E-state index is 12.2. The third kappa shape index (κ3) is 4.00. The Kier molecular flexibility index (Phi) is 5.03. The minimum Gasteiger partial charge on any atom is -0.348 e. The van der Waals surface area contributed by atoms with Gasteiger partial charge in [-0.25, -0.2) is 4.98 Å². The van der Waals surface area contributed by atoms with Crippen LogP contribution in [0.25, 0.3) is 11.4 Å². The summed E-state index contributed by atoms with van der Waals surface area (Å²) in [4.78, 5) is 31.2. The Hall–Kier alpha value is -3.22. The fraction of sp³-hybridized carbons (Fsp3) is 0.222. The van der Waals surface area contributed by atoms with Crippen LogP contribution in [-0.4, -0.2) is 25.7 Å². The number of aryl methyl sites for hydroxylation is 1. The maximum atomic E-state index is 12.2. The number of carbonyl (C=O) groups is 1. The first-order valence-electron chi connectivity index (χ1n) is 8.11. The molecule has 0 saturated carbocycles. The number of hydrogen-bond donors (Lipinski definition) is 2. The summed E-state index contributed by atoms with van der Waals surface area (Å²) in [7, 11) is 0. The molecule has 128 valence electrons. The summed E-state index contributed by atoms with van der Waals surface area (Å²) in [6, 6.07) is 9.27. The van der Waals surface area contributed by atoms with Crippen LogP contribution in [0.4, 0.5) is 0 Å². The summed E-state index contributed by atoms with van der Waals surface area (Å²) < 4.78 is 1.82. The van der Waals surface area contributed by atoms with E-state index in [4.69, 9.17) is 0 Å². The first-order chi connectivity index (χ1) is 12.2. The van der Waals surface area contributed by atoms with Gasteiger partial charge in [-0.15, -0.1) is 0 Å². The van der Waals surface area contributed by atoms with Crippen molar-refractivity contribution >= 4 is 5.91 Å². The average molecular weight is 337 g/mol. The standard InChI is InChI=1S/C18H19N5O2/c1-2-8-23-12-13(10-21-23)9-20-17(24)15-11-19-16(22-18(15)25)14-6-4-3-5-7-14/h3-7,10-12H,2,8-9H2,1H3,(H,20,24)(H,19,22,25). The molecule has 0 bridgehead atoms. The first kappa shape index (κ1) is 16.6. The van der Waals surface area contributed by atoms with Crippen LogP contribution >= 0.6 is 0 Å². The highest BCUT2D eigenvalue weighted by Gasteiger charge is 2.12. The second kappa shape index (κ2) is 7.57. The van der Waals surface area contributed by atoms with Crippen molar-refractivity contribution in [2.24, 2.45) is 0 Å². The van der Waals surface area contributed by atoms with Gasteiger partial charge >= 0.3 is 0 Å². The predicted molar refractivity (Wildman–Crippen MR) is 94.0 cm³/mol. The second-order valence-electron chi connectivity index (χ2n) is 5.63. The fourth-order valence-electron chi connectivity index (χ4n) is 2.43. The lowest BCUT2D eigenvalue weighted by Gasteiger charge is -2.04. The Morgan fingerprint density at radius 3 is 2.76 bits per heavy atom. The second-order valence-corrected chi connectivity index (χ2v) is 5.63. The highest BCUT2D eigenvalue weighted by molar-refractivity contribution is 5.93. The van der Waals surface area contributed by atoms with E-state index in [9.17, 15) is 9.59 Å². The quantitative estimate of drug-likeness (QED) is 0.719. The van der Waals surface area contributed by atoms with E-state index in [0.717, 1.165) is 24.1 Å². The number of aromatic nitrogens is 4. The number of aromatic amines is 1. The Morgan fingerprint density at radius 2 is 2.04 bits per heavy atom. The molecule has 2 heterocycles. The zero-order chi connectivity index (χ0) is 17.6. The molecule has 0 aliphatic carbocycles. The molecule has 1 amide bonds. The molecule has 0 aliphatic heterocycles. The molecule has 3 rings (SSSR count). The maximum Gasteiger partial charge on any atom is 0.264 e. The number of rotatable bonds is 6. The van der Waals surface area contributed by atoms with Gasteiger partial charge in [-0.05, 0) is 6.42 Å². The lowest BCUT2D eigenvalue weighted by Crippen LogP contribution is -2.29. The number of H-pyrrole nitrogens is 1. The van der Waals surface area contributed by atoms with Crippen LogP contribution in [0.3, 0.4) is 0 Å². The molecule has 2 aromatic heterocycles. The molecule has 1 aromatic carbocycles. The van der Waals surface area contributed by atoms with Crippen molar-refractivity contribution in [3.05, 3.63) is 70.4 Å². The van der Waals surface area contributed by atoms with E-state index in [1.807, 2.05) is 41.2 Å². The number of amides is 1. The van der Waals surface area contributed by atoms with Crippen LogP contribution in [0.2, 0.25) is 0 Å². The lowest BCUT2D eigenvalue weighted by atomic mass is 10.2. The highest BCUT2D eigenvalue weighted by Crippen LogP contribution is 2.11. The summed E-state index contributed by atoms with van der Waals surface area (Å²) in [5, 5.41) is 6.92. The number of benzene rings is 1. The van der Waals surface area contributed by atoms with Gasteiger partial charge in [-0.1, -0.05) is 37.3 Å². The fourth-order valence-corrected chi connectivity index (χ4v) is 2.43. The number of nitrogens with one attached hydrogen (secondary N) is 2.